The zero-order valence-electron chi connectivity index (χ0n) is 12.0. The molecule has 0 aliphatic carbocycles. The van der Waals surface area contributed by atoms with Crippen LogP contribution in [-0.4, -0.2) is 33.6 Å². The van der Waals surface area contributed by atoms with Crippen LogP contribution >= 0.6 is 0 Å². The van der Waals surface area contributed by atoms with Gasteiger partial charge in [-0.15, -0.1) is 0 Å². The number of fused-ring (bicyclic) bond motifs is 1. The number of hydrogen-bond acceptors (Lipinski definition) is 6. The molecule has 1 aromatic carbocycles. The number of ether oxygens (including phenoxy) is 3. The molecule has 0 atom stereocenters. The molecule has 1 aliphatic heterocycles. The fourth-order valence-corrected chi connectivity index (χ4v) is 2.67. The van der Waals surface area contributed by atoms with Crippen molar-refractivity contribution in [2.45, 2.75) is 0 Å². The third kappa shape index (κ3) is 2.91. The quantitative estimate of drug-likeness (QED) is 0.924. The van der Waals surface area contributed by atoms with Gasteiger partial charge in [0, 0.05) is 11.8 Å². The Hall–Kier alpha value is -2.48. The molecular weight excluding hydrogens is 308 g/mol. The summed E-state index contributed by atoms with van der Waals surface area (Å²) in [5, 5.41) is 0. The summed E-state index contributed by atoms with van der Waals surface area (Å²) in [6.45, 7) is 0.195. The van der Waals surface area contributed by atoms with Crippen LogP contribution in [0.25, 0.3) is 11.1 Å². The molecule has 0 saturated heterocycles. The minimum absolute atomic E-state index is 0.195. The molecular formula is C14H14N2O5S. The zero-order chi connectivity index (χ0) is 15.7. The van der Waals surface area contributed by atoms with E-state index in [9.17, 15) is 8.42 Å². The number of hydrogen-bond donors (Lipinski definition) is 1. The number of nitrogens with zero attached hydrogens (tertiary/aromatic N) is 1. The highest BCUT2D eigenvalue weighted by atomic mass is 32.2. The van der Waals surface area contributed by atoms with Crippen LogP contribution in [0.2, 0.25) is 0 Å². The van der Waals surface area contributed by atoms with E-state index < -0.39 is 10.0 Å². The van der Waals surface area contributed by atoms with Crippen molar-refractivity contribution in [3.05, 3.63) is 30.5 Å². The SMILES string of the molecule is COc1ncc(-c2ccc3c(c2)OCO3)cc1NS(C)(=O)=O. The first kappa shape index (κ1) is 14.5. The summed E-state index contributed by atoms with van der Waals surface area (Å²) in [6.07, 6.45) is 2.67. The average Bonchev–Trinajstić information content (AvgIpc) is 2.92. The Balaban J connectivity index is 2.02. The Morgan fingerprint density at radius 3 is 2.68 bits per heavy atom. The molecule has 3 rings (SSSR count). The van der Waals surface area contributed by atoms with E-state index in [1.165, 1.54) is 7.11 Å². The van der Waals surface area contributed by atoms with Gasteiger partial charge in [0.25, 0.3) is 0 Å². The number of anilines is 1. The lowest BCUT2D eigenvalue weighted by atomic mass is 10.1. The Morgan fingerprint density at radius 1 is 1.18 bits per heavy atom. The van der Waals surface area contributed by atoms with E-state index in [4.69, 9.17) is 14.2 Å². The molecule has 0 spiro atoms. The summed E-state index contributed by atoms with van der Waals surface area (Å²) in [7, 11) is -2.01. The molecule has 8 heteroatoms. The molecule has 0 bridgehead atoms. The van der Waals surface area contributed by atoms with Crippen LogP contribution in [0.3, 0.4) is 0 Å². The van der Waals surface area contributed by atoms with Gasteiger partial charge >= 0.3 is 0 Å². The summed E-state index contributed by atoms with van der Waals surface area (Å²) in [6, 6.07) is 7.12. The van der Waals surface area contributed by atoms with Gasteiger partial charge in [-0.05, 0) is 23.8 Å². The molecule has 0 unspecified atom stereocenters. The van der Waals surface area contributed by atoms with Gasteiger partial charge in [-0.3, -0.25) is 4.72 Å². The molecule has 2 aromatic rings. The van der Waals surface area contributed by atoms with Crippen LogP contribution in [-0.2, 0) is 10.0 Å². The van der Waals surface area contributed by atoms with E-state index in [2.05, 4.69) is 9.71 Å². The van der Waals surface area contributed by atoms with Gasteiger partial charge < -0.3 is 14.2 Å². The second-order valence-corrected chi connectivity index (χ2v) is 6.47. The normalized spacial score (nSPS) is 13.0. The fourth-order valence-electron chi connectivity index (χ4n) is 2.12. The van der Waals surface area contributed by atoms with Gasteiger partial charge in [-0.2, -0.15) is 0 Å². The first-order chi connectivity index (χ1) is 10.5. The molecule has 1 aliphatic rings. The van der Waals surface area contributed by atoms with Crippen LogP contribution in [0.4, 0.5) is 5.69 Å². The fraction of sp³-hybridized carbons (Fsp3) is 0.214. The van der Waals surface area contributed by atoms with E-state index in [0.29, 0.717) is 11.5 Å². The largest absolute Gasteiger partial charge is 0.480 e. The molecule has 22 heavy (non-hydrogen) atoms. The number of pyridine rings is 1. The Kier molecular flexibility index (Phi) is 3.53. The van der Waals surface area contributed by atoms with Crippen LogP contribution in [0, 0.1) is 0 Å². The van der Waals surface area contributed by atoms with E-state index >= 15 is 0 Å². The van der Waals surface area contributed by atoms with E-state index in [-0.39, 0.29) is 18.4 Å². The van der Waals surface area contributed by atoms with Crippen molar-refractivity contribution in [2.75, 3.05) is 24.9 Å². The Labute approximate surface area is 127 Å². The zero-order valence-corrected chi connectivity index (χ0v) is 12.8. The van der Waals surface area contributed by atoms with E-state index in [0.717, 1.165) is 17.4 Å². The average molecular weight is 322 g/mol. The first-order valence-electron chi connectivity index (χ1n) is 6.38. The highest BCUT2D eigenvalue weighted by Gasteiger charge is 2.16. The van der Waals surface area contributed by atoms with Gasteiger partial charge in [0.05, 0.1) is 13.4 Å². The lowest BCUT2D eigenvalue weighted by Gasteiger charge is -2.11. The topological polar surface area (TPSA) is 86.8 Å². The lowest BCUT2D eigenvalue weighted by Crippen LogP contribution is -2.11. The number of nitrogens with one attached hydrogen (secondary N) is 1. The van der Waals surface area contributed by atoms with Crippen LogP contribution < -0.4 is 18.9 Å². The van der Waals surface area contributed by atoms with Gasteiger partial charge in [-0.25, -0.2) is 13.4 Å². The first-order valence-corrected chi connectivity index (χ1v) is 8.27. The smallest absolute Gasteiger partial charge is 0.238 e. The molecule has 0 fully saturated rings. The maximum atomic E-state index is 11.4. The summed E-state index contributed by atoms with van der Waals surface area (Å²) < 4.78 is 40.9. The third-order valence-electron chi connectivity index (χ3n) is 3.05. The molecule has 0 radical (unpaired) electrons. The Bertz CT molecular complexity index is 820. The van der Waals surface area contributed by atoms with Crippen molar-refractivity contribution in [2.24, 2.45) is 0 Å². The van der Waals surface area contributed by atoms with Crippen molar-refractivity contribution in [3.63, 3.8) is 0 Å². The molecule has 0 amide bonds. The lowest BCUT2D eigenvalue weighted by molar-refractivity contribution is 0.174. The summed E-state index contributed by atoms with van der Waals surface area (Å²) in [5.74, 6) is 1.53. The standard InChI is InChI=1S/C14H14N2O5S/c1-19-14-11(16-22(2,17)18)5-10(7-15-14)9-3-4-12-13(6-9)21-8-20-12/h3-7,16H,8H2,1-2H3. The number of rotatable bonds is 4. The summed E-state index contributed by atoms with van der Waals surface area (Å²) in [4.78, 5) is 4.13. The molecule has 1 N–H and O–H groups in total. The van der Waals surface area contributed by atoms with Gasteiger partial charge in [-0.1, -0.05) is 6.07 Å². The van der Waals surface area contributed by atoms with Crippen molar-refractivity contribution in [1.29, 1.82) is 0 Å². The van der Waals surface area contributed by atoms with Crippen LogP contribution in [0.15, 0.2) is 30.5 Å². The van der Waals surface area contributed by atoms with Crippen molar-refractivity contribution < 1.29 is 22.6 Å². The number of benzene rings is 1. The van der Waals surface area contributed by atoms with E-state index in [1.807, 2.05) is 12.1 Å². The Morgan fingerprint density at radius 2 is 1.95 bits per heavy atom. The molecule has 0 saturated carbocycles. The van der Waals surface area contributed by atoms with Crippen molar-refractivity contribution >= 4 is 15.7 Å². The number of sulfonamides is 1. The predicted octanol–water partition coefficient (Wildman–Crippen LogP) is 1.86. The highest BCUT2D eigenvalue weighted by molar-refractivity contribution is 7.92. The van der Waals surface area contributed by atoms with Gasteiger partial charge in [0.15, 0.2) is 11.5 Å². The number of methoxy groups -OCH3 is 1. The molecule has 1 aromatic heterocycles. The van der Waals surface area contributed by atoms with Crippen molar-refractivity contribution in [1.82, 2.24) is 4.98 Å². The van der Waals surface area contributed by atoms with Gasteiger partial charge in [0.1, 0.15) is 5.69 Å². The summed E-state index contributed by atoms with van der Waals surface area (Å²) >= 11 is 0. The van der Waals surface area contributed by atoms with Crippen LogP contribution in [0.1, 0.15) is 0 Å². The predicted molar refractivity (Wildman–Crippen MR) is 80.8 cm³/mol. The molecule has 116 valence electrons. The van der Waals surface area contributed by atoms with E-state index in [1.54, 1.807) is 18.3 Å². The maximum absolute atomic E-state index is 11.4. The number of aromatic nitrogens is 1. The maximum Gasteiger partial charge on any atom is 0.238 e. The third-order valence-corrected chi connectivity index (χ3v) is 3.64. The van der Waals surface area contributed by atoms with Crippen LogP contribution in [0.5, 0.6) is 17.4 Å². The van der Waals surface area contributed by atoms with Gasteiger partial charge in [0.2, 0.25) is 22.7 Å². The molecule has 7 nitrogen and oxygen atoms in total. The molecule has 2 heterocycles. The minimum atomic E-state index is -3.43. The second-order valence-electron chi connectivity index (χ2n) is 4.72. The highest BCUT2D eigenvalue weighted by Crippen LogP contribution is 2.37. The summed E-state index contributed by atoms with van der Waals surface area (Å²) in [5.41, 5.74) is 1.83. The monoisotopic (exact) mass is 322 g/mol. The minimum Gasteiger partial charge on any atom is -0.480 e. The van der Waals surface area contributed by atoms with Crippen molar-refractivity contribution in [3.8, 4) is 28.5 Å². The second kappa shape index (κ2) is 5.38.